The largest absolute Gasteiger partial charge is 0.494 e. The molecule has 104 valence electrons. The summed E-state index contributed by atoms with van der Waals surface area (Å²) in [7, 11) is 0. The van der Waals surface area contributed by atoms with Crippen LogP contribution in [-0.4, -0.2) is 35.2 Å². The zero-order chi connectivity index (χ0) is 13.8. The van der Waals surface area contributed by atoms with E-state index in [1.165, 1.54) is 0 Å². The Morgan fingerprint density at radius 3 is 2.84 bits per heavy atom. The molecule has 4 nitrogen and oxygen atoms in total. The lowest BCUT2D eigenvalue weighted by Crippen LogP contribution is -2.32. The van der Waals surface area contributed by atoms with E-state index in [-0.39, 0.29) is 12.0 Å². The fraction of sp³-hybridized carbons (Fsp3) is 0.533. The van der Waals surface area contributed by atoms with Crippen LogP contribution in [0.2, 0.25) is 0 Å². The quantitative estimate of drug-likeness (QED) is 0.886. The molecule has 1 fully saturated rings. The van der Waals surface area contributed by atoms with E-state index in [0.29, 0.717) is 6.61 Å². The molecule has 2 unspecified atom stereocenters. The third-order valence-electron chi connectivity index (χ3n) is 3.85. The van der Waals surface area contributed by atoms with Gasteiger partial charge in [0, 0.05) is 18.2 Å². The Morgan fingerprint density at radius 1 is 1.47 bits per heavy atom. The molecule has 1 saturated heterocycles. The molecule has 0 spiro atoms. The summed E-state index contributed by atoms with van der Waals surface area (Å²) >= 11 is 0. The zero-order valence-corrected chi connectivity index (χ0v) is 11.5. The molecule has 19 heavy (non-hydrogen) atoms. The number of carboxylic acid groups (broad SMARTS) is 1. The minimum absolute atomic E-state index is 0.0761. The minimum atomic E-state index is -0.687. The Labute approximate surface area is 114 Å². The summed E-state index contributed by atoms with van der Waals surface area (Å²) < 4.78 is 5.61. The van der Waals surface area contributed by atoms with Crippen LogP contribution in [0.1, 0.15) is 25.8 Å². The predicted octanol–water partition coefficient (Wildman–Crippen LogP) is 2.38. The molecule has 0 amide bonds. The van der Waals surface area contributed by atoms with Crippen LogP contribution in [0.5, 0.6) is 5.75 Å². The van der Waals surface area contributed by atoms with Gasteiger partial charge in [0.25, 0.3) is 0 Å². The molecule has 4 heteroatoms. The van der Waals surface area contributed by atoms with Crippen LogP contribution in [0.4, 0.5) is 0 Å². The smallest absolute Gasteiger partial charge is 0.308 e. The second-order valence-corrected chi connectivity index (χ2v) is 4.99. The molecule has 1 N–H and O–H groups in total. The number of ether oxygens (including phenoxy) is 1. The number of rotatable bonds is 5. The summed E-state index contributed by atoms with van der Waals surface area (Å²) in [5.74, 6) is -0.0386. The van der Waals surface area contributed by atoms with Crippen molar-refractivity contribution in [1.82, 2.24) is 4.90 Å². The number of hydrogen-bond donors (Lipinski definition) is 1. The lowest BCUT2D eigenvalue weighted by atomic mass is 10.0. The van der Waals surface area contributed by atoms with E-state index < -0.39 is 5.97 Å². The van der Waals surface area contributed by atoms with Crippen LogP contribution in [0.25, 0.3) is 0 Å². The Bertz CT molecular complexity index is 447. The molecule has 1 aliphatic heterocycles. The Kier molecular flexibility index (Phi) is 4.43. The molecule has 0 saturated carbocycles. The van der Waals surface area contributed by atoms with Crippen molar-refractivity contribution in [3.8, 4) is 5.75 Å². The number of para-hydroxylation sites is 1. The first-order valence-electron chi connectivity index (χ1n) is 6.81. The normalized spacial score (nSPS) is 23.5. The van der Waals surface area contributed by atoms with Crippen molar-refractivity contribution in [3.63, 3.8) is 0 Å². The first-order valence-corrected chi connectivity index (χ1v) is 6.81. The van der Waals surface area contributed by atoms with Gasteiger partial charge in [0.15, 0.2) is 0 Å². The Hall–Kier alpha value is -1.55. The summed E-state index contributed by atoms with van der Waals surface area (Å²) in [6.45, 7) is 6.19. The van der Waals surface area contributed by atoms with Gasteiger partial charge in [-0.05, 0) is 32.9 Å². The van der Waals surface area contributed by atoms with Gasteiger partial charge in [-0.3, -0.25) is 9.69 Å². The summed E-state index contributed by atoms with van der Waals surface area (Å²) in [6.07, 6.45) is 0.729. The molecule has 2 atom stereocenters. The van der Waals surface area contributed by atoms with Gasteiger partial charge < -0.3 is 9.84 Å². The van der Waals surface area contributed by atoms with Gasteiger partial charge in [-0.15, -0.1) is 0 Å². The number of likely N-dealkylation sites (tertiary alicyclic amines) is 1. The van der Waals surface area contributed by atoms with Crippen molar-refractivity contribution in [3.05, 3.63) is 29.8 Å². The topological polar surface area (TPSA) is 49.8 Å². The number of carbonyl (C=O) groups is 1. The molecule has 0 bridgehead atoms. The fourth-order valence-electron chi connectivity index (χ4n) is 2.71. The highest BCUT2D eigenvalue weighted by Gasteiger charge is 2.35. The minimum Gasteiger partial charge on any atom is -0.494 e. The monoisotopic (exact) mass is 263 g/mol. The van der Waals surface area contributed by atoms with Crippen molar-refractivity contribution in [2.45, 2.75) is 32.9 Å². The van der Waals surface area contributed by atoms with Crippen LogP contribution in [-0.2, 0) is 11.3 Å². The van der Waals surface area contributed by atoms with Crippen molar-refractivity contribution in [2.24, 2.45) is 5.92 Å². The molecule has 1 aromatic rings. The van der Waals surface area contributed by atoms with Gasteiger partial charge in [0.2, 0.25) is 0 Å². The molecule has 0 aromatic heterocycles. The van der Waals surface area contributed by atoms with E-state index in [1.807, 2.05) is 38.1 Å². The molecule has 0 radical (unpaired) electrons. The van der Waals surface area contributed by atoms with E-state index in [2.05, 4.69) is 4.90 Å². The lowest BCUT2D eigenvalue weighted by molar-refractivity contribution is -0.142. The second-order valence-electron chi connectivity index (χ2n) is 4.99. The molecule has 1 heterocycles. The first-order chi connectivity index (χ1) is 9.13. The van der Waals surface area contributed by atoms with Gasteiger partial charge in [-0.2, -0.15) is 0 Å². The third-order valence-corrected chi connectivity index (χ3v) is 3.85. The number of nitrogens with zero attached hydrogens (tertiary/aromatic N) is 1. The first kappa shape index (κ1) is 13.9. The van der Waals surface area contributed by atoms with Crippen LogP contribution in [0.3, 0.4) is 0 Å². The number of benzene rings is 1. The van der Waals surface area contributed by atoms with E-state index in [0.717, 1.165) is 30.8 Å². The van der Waals surface area contributed by atoms with Crippen molar-refractivity contribution in [1.29, 1.82) is 0 Å². The standard InChI is InChI=1S/C15H21NO3/c1-3-19-14-7-5-4-6-12(14)10-16-9-8-13(11(16)2)15(17)18/h4-7,11,13H,3,8-10H2,1-2H3,(H,17,18). The lowest BCUT2D eigenvalue weighted by Gasteiger charge is -2.24. The number of carboxylic acids is 1. The summed E-state index contributed by atoms with van der Waals surface area (Å²) in [5.41, 5.74) is 1.13. The molecular formula is C15H21NO3. The Balaban J connectivity index is 2.08. The molecular weight excluding hydrogens is 242 g/mol. The van der Waals surface area contributed by atoms with Crippen LogP contribution < -0.4 is 4.74 Å². The van der Waals surface area contributed by atoms with Gasteiger partial charge in [-0.25, -0.2) is 0 Å². The van der Waals surface area contributed by atoms with Gasteiger partial charge in [-0.1, -0.05) is 18.2 Å². The van der Waals surface area contributed by atoms with Crippen LogP contribution in [0, 0.1) is 5.92 Å². The van der Waals surface area contributed by atoms with E-state index >= 15 is 0 Å². The molecule has 1 aromatic carbocycles. The van der Waals surface area contributed by atoms with Crippen molar-refractivity contribution < 1.29 is 14.6 Å². The maximum atomic E-state index is 11.1. The van der Waals surface area contributed by atoms with Crippen molar-refractivity contribution in [2.75, 3.05) is 13.2 Å². The van der Waals surface area contributed by atoms with Crippen LogP contribution in [0.15, 0.2) is 24.3 Å². The molecule has 2 rings (SSSR count). The average molecular weight is 263 g/mol. The van der Waals surface area contributed by atoms with E-state index in [4.69, 9.17) is 9.84 Å². The van der Waals surface area contributed by atoms with Crippen molar-refractivity contribution >= 4 is 5.97 Å². The van der Waals surface area contributed by atoms with Gasteiger partial charge >= 0.3 is 5.97 Å². The summed E-state index contributed by atoms with van der Waals surface area (Å²) in [4.78, 5) is 13.3. The highest BCUT2D eigenvalue weighted by atomic mass is 16.5. The highest BCUT2D eigenvalue weighted by Crippen LogP contribution is 2.28. The predicted molar refractivity (Wildman–Crippen MR) is 73.2 cm³/mol. The maximum Gasteiger partial charge on any atom is 0.308 e. The third kappa shape index (κ3) is 3.07. The van der Waals surface area contributed by atoms with Crippen LogP contribution >= 0.6 is 0 Å². The second kappa shape index (κ2) is 6.06. The zero-order valence-electron chi connectivity index (χ0n) is 11.5. The maximum absolute atomic E-state index is 11.1. The Morgan fingerprint density at radius 2 is 2.21 bits per heavy atom. The highest BCUT2D eigenvalue weighted by molar-refractivity contribution is 5.71. The van der Waals surface area contributed by atoms with Gasteiger partial charge in [0.1, 0.15) is 5.75 Å². The van der Waals surface area contributed by atoms with E-state index in [9.17, 15) is 4.79 Å². The number of aliphatic carboxylic acids is 1. The number of hydrogen-bond acceptors (Lipinski definition) is 3. The van der Waals surface area contributed by atoms with Gasteiger partial charge in [0.05, 0.1) is 12.5 Å². The fourth-order valence-corrected chi connectivity index (χ4v) is 2.71. The average Bonchev–Trinajstić information content (AvgIpc) is 2.74. The van der Waals surface area contributed by atoms with E-state index in [1.54, 1.807) is 0 Å². The molecule has 1 aliphatic rings. The SMILES string of the molecule is CCOc1ccccc1CN1CCC(C(=O)O)C1C. The summed E-state index contributed by atoms with van der Waals surface area (Å²) in [6, 6.07) is 8.04. The summed E-state index contributed by atoms with van der Waals surface area (Å²) in [5, 5.41) is 9.15. The molecule has 0 aliphatic carbocycles.